The van der Waals surface area contributed by atoms with Crippen molar-refractivity contribution in [2.45, 2.75) is 13.5 Å². The normalized spacial score (nSPS) is 10.6. The number of pyridine rings is 2. The molecule has 3 aromatic rings. The van der Waals surface area contributed by atoms with E-state index in [0.717, 1.165) is 22.0 Å². The monoisotopic (exact) mass is 292 g/mol. The average Bonchev–Trinajstić information content (AvgIpc) is 2.56. The van der Waals surface area contributed by atoms with Crippen molar-refractivity contribution in [1.82, 2.24) is 15.3 Å². The van der Waals surface area contributed by atoms with Gasteiger partial charge in [0.15, 0.2) is 0 Å². The molecule has 3 N–H and O–H groups in total. The van der Waals surface area contributed by atoms with Crippen molar-refractivity contribution >= 4 is 22.4 Å². The summed E-state index contributed by atoms with van der Waals surface area (Å²) < 4.78 is 0. The Morgan fingerprint density at radius 1 is 1.09 bits per heavy atom. The number of anilines is 1. The Bertz CT molecular complexity index is 831. The van der Waals surface area contributed by atoms with Crippen LogP contribution in [0.2, 0.25) is 0 Å². The van der Waals surface area contributed by atoms with Crippen LogP contribution in [0, 0.1) is 6.92 Å². The summed E-state index contributed by atoms with van der Waals surface area (Å²) in [5, 5.41) is 4.44. The molecule has 0 aliphatic carbocycles. The summed E-state index contributed by atoms with van der Waals surface area (Å²) in [6.07, 6.45) is 3.30. The van der Waals surface area contributed by atoms with Gasteiger partial charge in [-0.05, 0) is 30.7 Å². The first-order valence-electron chi connectivity index (χ1n) is 6.98. The number of hydrogen-bond donors (Lipinski definition) is 2. The molecule has 110 valence electrons. The highest BCUT2D eigenvalue weighted by Gasteiger charge is 2.13. The zero-order chi connectivity index (χ0) is 15.5. The molecule has 0 radical (unpaired) electrons. The Morgan fingerprint density at radius 2 is 1.95 bits per heavy atom. The summed E-state index contributed by atoms with van der Waals surface area (Å²) in [6, 6.07) is 11.2. The molecule has 0 aliphatic rings. The third-order valence-corrected chi connectivity index (χ3v) is 3.58. The van der Waals surface area contributed by atoms with Crippen molar-refractivity contribution in [3.8, 4) is 0 Å². The molecular formula is C17H16N4O. The lowest BCUT2D eigenvalue weighted by Crippen LogP contribution is -2.24. The van der Waals surface area contributed by atoms with Crippen LogP contribution in [0.3, 0.4) is 0 Å². The molecule has 1 amide bonds. The van der Waals surface area contributed by atoms with Crippen LogP contribution in [-0.2, 0) is 6.54 Å². The number of nitrogens with two attached hydrogens (primary N) is 1. The fraction of sp³-hybridized carbons (Fsp3) is 0.118. The molecule has 0 unspecified atom stereocenters. The standard InChI is InChI=1S/C17H16N4O/c1-11-5-6-14-13(15(11)18)7-9-20-16(14)17(22)21-10-12-4-2-3-8-19-12/h2-9H,10,18H2,1H3,(H,21,22). The van der Waals surface area contributed by atoms with E-state index < -0.39 is 0 Å². The lowest BCUT2D eigenvalue weighted by atomic mass is 10.0. The van der Waals surface area contributed by atoms with Gasteiger partial charge >= 0.3 is 0 Å². The van der Waals surface area contributed by atoms with E-state index in [1.165, 1.54) is 0 Å². The zero-order valence-corrected chi connectivity index (χ0v) is 12.2. The molecule has 1 aromatic carbocycles. The van der Waals surface area contributed by atoms with Crippen LogP contribution in [0.25, 0.3) is 10.8 Å². The highest BCUT2D eigenvalue weighted by Crippen LogP contribution is 2.25. The SMILES string of the molecule is Cc1ccc2c(C(=O)NCc3ccccn3)nccc2c1N. The van der Waals surface area contributed by atoms with Gasteiger partial charge in [0.25, 0.3) is 5.91 Å². The number of aryl methyl sites for hydroxylation is 1. The van der Waals surface area contributed by atoms with Crippen molar-refractivity contribution < 1.29 is 4.79 Å². The van der Waals surface area contributed by atoms with Crippen LogP contribution in [-0.4, -0.2) is 15.9 Å². The first-order valence-corrected chi connectivity index (χ1v) is 6.98. The lowest BCUT2D eigenvalue weighted by Gasteiger charge is -2.09. The van der Waals surface area contributed by atoms with Gasteiger partial charge in [-0.1, -0.05) is 18.2 Å². The van der Waals surface area contributed by atoms with Gasteiger partial charge in [0.1, 0.15) is 5.69 Å². The number of nitrogen functional groups attached to an aromatic ring is 1. The number of hydrogen-bond acceptors (Lipinski definition) is 4. The summed E-state index contributed by atoms with van der Waals surface area (Å²) in [7, 11) is 0. The molecule has 0 spiro atoms. The maximum atomic E-state index is 12.4. The van der Waals surface area contributed by atoms with Crippen molar-refractivity contribution in [1.29, 1.82) is 0 Å². The van der Waals surface area contributed by atoms with Crippen LogP contribution in [0.4, 0.5) is 5.69 Å². The summed E-state index contributed by atoms with van der Waals surface area (Å²) in [4.78, 5) is 20.8. The first kappa shape index (κ1) is 14.0. The van der Waals surface area contributed by atoms with Gasteiger partial charge in [-0.25, -0.2) is 0 Å². The highest BCUT2D eigenvalue weighted by atomic mass is 16.1. The number of aromatic nitrogens is 2. The second-order valence-electron chi connectivity index (χ2n) is 5.05. The number of nitrogens with one attached hydrogen (secondary N) is 1. The fourth-order valence-electron chi connectivity index (χ4n) is 2.33. The largest absolute Gasteiger partial charge is 0.398 e. The summed E-state index contributed by atoms with van der Waals surface area (Å²) in [5.41, 5.74) is 8.92. The van der Waals surface area contributed by atoms with Crippen LogP contribution in [0.15, 0.2) is 48.8 Å². The summed E-state index contributed by atoms with van der Waals surface area (Å²) >= 11 is 0. The van der Waals surface area contributed by atoms with E-state index in [2.05, 4.69) is 15.3 Å². The minimum atomic E-state index is -0.237. The predicted octanol–water partition coefficient (Wildman–Crippen LogP) is 2.45. The Hall–Kier alpha value is -2.95. The van der Waals surface area contributed by atoms with Gasteiger partial charge in [0, 0.05) is 28.9 Å². The highest BCUT2D eigenvalue weighted by molar-refractivity contribution is 6.08. The maximum Gasteiger partial charge on any atom is 0.270 e. The molecule has 0 fully saturated rings. The molecule has 0 saturated carbocycles. The predicted molar refractivity (Wildman–Crippen MR) is 86.3 cm³/mol. The van der Waals surface area contributed by atoms with E-state index in [4.69, 9.17) is 5.73 Å². The number of rotatable bonds is 3. The molecule has 0 atom stereocenters. The van der Waals surface area contributed by atoms with Gasteiger partial charge in [-0.15, -0.1) is 0 Å². The zero-order valence-electron chi connectivity index (χ0n) is 12.2. The van der Waals surface area contributed by atoms with Crippen LogP contribution in [0.5, 0.6) is 0 Å². The van der Waals surface area contributed by atoms with Gasteiger partial charge in [-0.3, -0.25) is 14.8 Å². The van der Waals surface area contributed by atoms with Crippen molar-refractivity contribution in [2.24, 2.45) is 0 Å². The van der Waals surface area contributed by atoms with E-state index >= 15 is 0 Å². The van der Waals surface area contributed by atoms with Crippen LogP contribution >= 0.6 is 0 Å². The minimum absolute atomic E-state index is 0.237. The Kier molecular flexibility index (Phi) is 3.70. The minimum Gasteiger partial charge on any atom is -0.398 e. The second kappa shape index (κ2) is 5.81. The maximum absolute atomic E-state index is 12.4. The Morgan fingerprint density at radius 3 is 2.73 bits per heavy atom. The molecule has 0 bridgehead atoms. The lowest BCUT2D eigenvalue weighted by molar-refractivity contribution is 0.0947. The number of carbonyl (C=O) groups is 1. The van der Waals surface area contributed by atoms with Crippen molar-refractivity contribution in [3.05, 3.63) is 65.7 Å². The third-order valence-electron chi connectivity index (χ3n) is 3.58. The number of benzene rings is 1. The topological polar surface area (TPSA) is 80.9 Å². The Labute approximate surface area is 128 Å². The number of fused-ring (bicyclic) bond motifs is 1. The number of amides is 1. The average molecular weight is 292 g/mol. The van der Waals surface area contributed by atoms with Crippen LogP contribution < -0.4 is 11.1 Å². The molecule has 0 aliphatic heterocycles. The molecule has 5 nitrogen and oxygen atoms in total. The quantitative estimate of drug-likeness (QED) is 0.727. The molecule has 3 rings (SSSR count). The Balaban J connectivity index is 1.90. The molecule has 22 heavy (non-hydrogen) atoms. The summed E-state index contributed by atoms with van der Waals surface area (Å²) in [6.45, 7) is 2.30. The van der Waals surface area contributed by atoms with E-state index in [0.29, 0.717) is 17.9 Å². The smallest absolute Gasteiger partial charge is 0.270 e. The van der Waals surface area contributed by atoms with Gasteiger partial charge in [-0.2, -0.15) is 0 Å². The number of carbonyl (C=O) groups excluding carboxylic acids is 1. The second-order valence-corrected chi connectivity index (χ2v) is 5.05. The fourth-order valence-corrected chi connectivity index (χ4v) is 2.33. The first-order chi connectivity index (χ1) is 10.7. The summed E-state index contributed by atoms with van der Waals surface area (Å²) in [5.74, 6) is -0.237. The van der Waals surface area contributed by atoms with Gasteiger partial charge in [0.05, 0.1) is 12.2 Å². The molecular weight excluding hydrogens is 276 g/mol. The van der Waals surface area contributed by atoms with Crippen molar-refractivity contribution in [3.63, 3.8) is 0 Å². The van der Waals surface area contributed by atoms with Gasteiger partial charge in [0.2, 0.25) is 0 Å². The van der Waals surface area contributed by atoms with Gasteiger partial charge < -0.3 is 11.1 Å². The molecule has 2 aromatic heterocycles. The van der Waals surface area contributed by atoms with E-state index in [1.54, 1.807) is 12.4 Å². The van der Waals surface area contributed by atoms with Crippen molar-refractivity contribution in [2.75, 3.05) is 5.73 Å². The van der Waals surface area contributed by atoms with E-state index in [-0.39, 0.29) is 5.91 Å². The third kappa shape index (κ3) is 2.61. The van der Waals surface area contributed by atoms with Crippen LogP contribution in [0.1, 0.15) is 21.7 Å². The van der Waals surface area contributed by atoms with E-state index in [9.17, 15) is 4.79 Å². The number of nitrogens with zero attached hydrogens (tertiary/aromatic N) is 2. The molecule has 2 heterocycles. The van der Waals surface area contributed by atoms with E-state index in [1.807, 2.05) is 43.3 Å². The molecule has 0 saturated heterocycles. The molecule has 5 heteroatoms.